The topological polar surface area (TPSA) is 59.0 Å². The number of nitrogens with zero attached hydrogens (tertiary/aromatic N) is 1. The van der Waals surface area contributed by atoms with Crippen LogP contribution >= 0.6 is 0 Å². The Bertz CT molecular complexity index is 442. The molecule has 1 aromatic carbocycles. The van der Waals surface area contributed by atoms with Gasteiger partial charge in [-0.2, -0.15) is 5.06 Å². The van der Waals surface area contributed by atoms with E-state index in [0.29, 0.717) is 11.3 Å². The first kappa shape index (κ1) is 15.2. The van der Waals surface area contributed by atoms with E-state index in [1.54, 1.807) is 38.1 Å². The van der Waals surface area contributed by atoms with Crippen LogP contribution in [-0.4, -0.2) is 30.5 Å². The number of hydroxylamine groups is 1. The first-order chi connectivity index (χ1) is 8.88. The Labute approximate surface area is 113 Å². The maximum Gasteiger partial charge on any atom is 0.438 e. The van der Waals surface area contributed by atoms with Gasteiger partial charge in [0.05, 0.1) is 12.8 Å². The number of hydrogen-bond donors (Lipinski definition) is 1. The van der Waals surface area contributed by atoms with Gasteiger partial charge < -0.3 is 9.84 Å². The van der Waals surface area contributed by atoms with Crippen molar-refractivity contribution in [2.45, 2.75) is 19.4 Å². The Morgan fingerprint density at radius 1 is 1.42 bits per heavy atom. The summed E-state index contributed by atoms with van der Waals surface area (Å²) in [6.45, 7) is 6.83. The molecule has 0 bridgehead atoms. The molecule has 1 unspecified atom stereocenters. The summed E-state index contributed by atoms with van der Waals surface area (Å²) in [7, 11) is 1.26. The second kappa shape index (κ2) is 6.36. The van der Waals surface area contributed by atoms with Gasteiger partial charge in [-0.1, -0.05) is 24.8 Å². The highest BCUT2D eigenvalue weighted by atomic mass is 16.7. The monoisotopic (exact) mass is 265 g/mol. The molecule has 0 aliphatic rings. The third kappa shape index (κ3) is 4.08. The summed E-state index contributed by atoms with van der Waals surface area (Å²) < 4.78 is 4.65. The van der Waals surface area contributed by atoms with Crippen LogP contribution in [0.2, 0.25) is 0 Å². The summed E-state index contributed by atoms with van der Waals surface area (Å²) in [6, 6.07) is 8.76. The Hall–Kier alpha value is -1.85. The van der Waals surface area contributed by atoms with Gasteiger partial charge in [0.1, 0.15) is 12.2 Å². The van der Waals surface area contributed by atoms with Crippen molar-refractivity contribution in [2.24, 2.45) is 0 Å². The molecule has 5 heteroatoms. The molecule has 0 aliphatic heterocycles. The molecule has 1 amide bonds. The molecular formula is C14H19NO4. The molecule has 1 atom stereocenters. The molecule has 0 heterocycles. The van der Waals surface area contributed by atoms with E-state index in [4.69, 9.17) is 4.84 Å². The fourth-order valence-corrected chi connectivity index (χ4v) is 1.19. The van der Waals surface area contributed by atoms with Gasteiger partial charge in [0.2, 0.25) is 0 Å². The molecule has 1 rings (SSSR count). The van der Waals surface area contributed by atoms with Crippen LogP contribution in [0.4, 0.5) is 10.5 Å². The number of carbonyl (C=O) groups is 1. The quantitative estimate of drug-likeness (QED) is 0.656. The number of carbonyl (C=O) groups excluding carboxylic acids is 1. The Balaban J connectivity index is 2.83. The van der Waals surface area contributed by atoms with Crippen molar-refractivity contribution in [3.8, 4) is 0 Å². The van der Waals surface area contributed by atoms with Crippen LogP contribution in [0, 0.1) is 0 Å². The molecule has 0 saturated heterocycles. The zero-order valence-corrected chi connectivity index (χ0v) is 11.4. The number of rotatable bonds is 5. The van der Waals surface area contributed by atoms with Gasteiger partial charge in [-0.25, -0.2) is 4.79 Å². The van der Waals surface area contributed by atoms with Crippen molar-refractivity contribution in [1.82, 2.24) is 0 Å². The molecule has 104 valence electrons. The summed E-state index contributed by atoms with van der Waals surface area (Å²) in [4.78, 5) is 17.0. The van der Waals surface area contributed by atoms with Crippen molar-refractivity contribution >= 4 is 11.8 Å². The van der Waals surface area contributed by atoms with E-state index >= 15 is 0 Å². The summed E-state index contributed by atoms with van der Waals surface area (Å²) in [5.74, 6) is 0. The summed E-state index contributed by atoms with van der Waals surface area (Å²) in [5.41, 5.74) is -0.154. The normalized spacial score (nSPS) is 13.5. The van der Waals surface area contributed by atoms with Crippen LogP contribution in [0.25, 0.3) is 0 Å². The van der Waals surface area contributed by atoms with Crippen LogP contribution in [0.15, 0.2) is 42.5 Å². The summed E-state index contributed by atoms with van der Waals surface area (Å²) in [5, 5.41) is 11.0. The molecule has 5 nitrogen and oxygen atoms in total. The molecular weight excluding hydrogens is 246 g/mol. The van der Waals surface area contributed by atoms with Crippen molar-refractivity contribution in [1.29, 1.82) is 0 Å². The molecule has 0 saturated carbocycles. The molecule has 0 fully saturated rings. The number of hydrogen-bond acceptors (Lipinski definition) is 4. The average Bonchev–Trinajstić information content (AvgIpc) is 2.39. The largest absolute Gasteiger partial charge is 0.451 e. The smallest absolute Gasteiger partial charge is 0.438 e. The van der Waals surface area contributed by atoms with Gasteiger partial charge in [0.25, 0.3) is 0 Å². The number of aliphatic hydroxyl groups is 1. The number of anilines is 1. The van der Waals surface area contributed by atoms with Crippen LogP contribution in [0.3, 0.4) is 0 Å². The van der Waals surface area contributed by atoms with Crippen LogP contribution in [-0.2, 0) is 9.57 Å². The van der Waals surface area contributed by atoms with Gasteiger partial charge in [-0.05, 0) is 31.6 Å². The predicted octanol–water partition coefficient (Wildman–Crippen LogP) is 2.52. The highest BCUT2D eigenvalue weighted by molar-refractivity contribution is 5.85. The SMILES string of the molecule is C=C(C)C(C)(O)CON(C(=O)OC)c1ccccc1. The fourth-order valence-electron chi connectivity index (χ4n) is 1.19. The molecule has 1 aromatic rings. The third-order valence-corrected chi connectivity index (χ3v) is 2.73. The maximum atomic E-state index is 11.7. The van der Waals surface area contributed by atoms with Crippen molar-refractivity contribution < 1.29 is 19.5 Å². The standard InChI is InChI=1S/C14H19NO4/c1-11(2)14(3,17)10-19-15(13(16)18-4)12-8-6-5-7-9-12/h5-9,17H,1,10H2,2-4H3. The van der Waals surface area contributed by atoms with E-state index < -0.39 is 11.7 Å². The lowest BCUT2D eigenvalue weighted by Gasteiger charge is -2.27. The predicted molar refractivity (Wildman–Crippen MR) is 72.7 cm³/mol. The van der Waals surface area contributed by atoms with Crippen LogP contribution in [0.1, 0.15) is 13.8 Å². The number of benzene rings is 1. The lowest BCUT2D eigenvalue weighted by atomic mass is 10.0. The van der Waals surface area contributed by atoms with E-state index in [2.05, 4.69) is 11.3 Å². The molecule has 19 heavy (non-hydrogen) atoms. The first-order valence-corrected chi connectivity index (χ1v) is 5.83. The van der Waals surface area contributed by atoms with Crippen LogP contribution < -0.4 is 5.06 Å². The Morgan fingerprint density at radius 3 is 2.47 bits per heavy atom. The molecule has 0 aromatic heterocycles. The van der Waals surface area contributed by atoms with Crippen LogP contribution in [0.5, 0.6) is 0 Å². The number of para-hydroxylation sites is 1. The minimum atomic E-state index is -1.22. The molecule has 0 aliphatic carbocycles. The third-order valence-electron chi connectivity index (χ3n) is 2.73. The maximum absolute atomic E-state index is 11.7. The Kier molecular flexibility index (Phi) is 5.09. The van der Waals surface area contributed by atoms with E-state index in [9.17, 15) is 9.90 Å². The fraction of sp³-hybridized carbons (Fsp3) is 0.357. The van der Waals surface area contributed by atoms with E-state index in [0.717, 1.165) is 5.06 Å². The van der Waals surface area contributed by atoms with E-state index in [1.165, 1.54) is 7.11 Å². The van der Waals surface area contributed by atoms with Crippen molar-refractivity contribution in [2.75, 3.05) is 18.8 Å². The summed E-state index contributed by atoms with van der Waals surface area (Å²) >= 11 is 0. The lowest BCUT2D eigenvalue weighted by molar-refractivity contribution is -0.0168. The molecule has 0 spiro atoms. The van der Waals surface area contributed by atoms with E-state index in [1.807, 2.05) is 6.07 Å². The minimum Gasteiger partial charge on any atom is -0.451 e. The zero-order valence-electron chi connectivity index (χ0n) is 11.4. The zero-order chi connectivity index (χ0) is 14.5. The van der Waals surface area contributed by atoms with Crippen molar-refractivity contribution in [3.05, 3.63) is 42.5 Å². The van der Waals surface area contributed by atoms with Gasteiger partial charge in [0, 0.05) is 0 Å². The highest BCUT2D eigenvalue weighted by Gasteiger charge is 2.26. The Morgan fingerprint density at radius 2 is 2.00 bits per heavy atom. The van der Waals surface area contributed by atoms with Gasteiger partial charge in [-0.3, -0.25) is 4.84 Å². The average molecular weight is 265 g/mol. The lowest BCUT2D eigenvalue weighted by Crippen LogP contribution is -2.39. The first-order valence-electron chi connectivity index (χ1n) is 5.83. The van der Waals surface area contributed by atoms with Crippen molar-refractivity contribution in [3.63, 3.8) is 0 Å². The summed E-state index contributed by atoms with van der Waals surface area (Å²) in [6.07, 6.45) is -0.663. The molecule has 0 radical (unpaired) electrons. The minimum absolute atomic E-state index is 0.105. The van der Waals surface area contributed by atoms with E-state index in [-0.39, 0.29) is 6.61 Å². The van der Waals surface area contributed by atoms with Gasteiger partial charge in [0.15, 0.2) is 0 Å². The second-order valence-electron chi connectivity index (χ2n) is 4.43. The number of amides is 1. The number of ether oxygens (including phenoxy) is 1. The molecule has 1 N–H and O–H groups in total. The number of methoxy groups -OCH3 is 1. The van der Waals surface area contributed by atoms with Gasteiger partial charge >= 0.3 is 6.09 Å². The van der Waals surface area contributed by atoms with Gasteiger partial charge in [-0.15, -0.1) is 0 Å². The highest BCUT2D eigenvalue weighted by Crippen LogP contribution is 2.19. The second-order valence-corrected chi connectivity index (χ2v) is 4.43.